The van der Waals surface area contributed by atoms with E-state index in [-0.39, 0.29) is 18.6 Å². The van der Waals surface area contributed by atoms with Gasteiger partial charge in [0.25, 0.3) is 5.91 Å². The molecule has 0 saturated heterocycles. The number of carbonyl (C=O) groups is 1. The van der Waals surface area contributed by atoms with Crippen molar-refractivity contribution in [2.45, 2.75) is 26.3 Å². The molecule has 3 nitrogen and oxygen atoms in total. The monoisotopic (exact) mass is 335 g/mol. The zero-order valence-corrected chi connectivity index (χ0v) is 14.2. The Morgan fingerprint density at radius 1 is 1.45 bits per heavy atom. The number of rotatable bonds is 3. The van der Waals surface area contributed by atoms with Gasteiger partial charge in [0.2, 0.25) is 0 Å². The van der Waals surface area contributed by atoms with Crippen molar-refractivity contribution in [3.63, 3.8) is 0 Å². The molecule has 1 aromatic carbocycles. The molecule has 3 rings (SSSR count). The molecule has 1 aromatic heterocycles. The van der Waals surface area contributed by atoms with E-state index in [4.69, 9.17) is 16.3 Å². The maximum atomic E-state index is 12.4. The molecule has 0 N–H and O–H groups in total. The summed E-state index contributed by atoms with van der Waals surface area (Å²) in [5.41, 5.74) is 2.22. The van der Waals surface area contributed by atoms with Gasteiger partial charge in [-0.1, -0.05) is 11.6 Å². The molecule has 1 aliphatic rings. The van der Waals surface area contributed by atoms with Crippen LogP contribution in [0, 0.1) is 6.92 Å². The summed E-state index contributed by atoms with van der Waals surface area (Å²) in [4.78, 5) is 15.7. The topological polar surface area (TPSA) is 29.5 Å². The minimum atomic E-state index is 0.0250. The van der Waals surface area contributed by atoms with Gasteiger partial charge in [-0.3, -0.25) is 4.79 Å². The van der Waals surface area contributed by atoms with Crippen LogP contribution in [0.15, 0.2) is 29.6 Å². The fourth-order valence-electron chi connectivity index (χ4n) is 2.79. The molecule has 2 heterocycles. The van der Waals surface area contributed by atoms with E-state index >= 15 is 0 Å². The summed E-state index contributed by atoms with van der Waals surface area (Å²) >= 11 is 7.77. The first-order valence-corrected chi connectivity index (χ1v) is 8.56. The molecule has 2 aromatic rings. The Labute approximate surface area is 139 Å². The van der Waals surface area contributed by atoms with Crippen molar-refractivity contribution in [3.8, 4) is 5.75 Å². The molecule has 0 unspecified atom stereocenters. The maximum Gasteiger partial charge on any atom is 0.261 e. The molecule has 22 heavy (non-hydrogen) atoms. The number of hydrogen-bond donors (Lipinski definition) is 0. The second kappa shape index (κ2) is 6.31. The van der Waals surface area contributed by atoms with E-state index in [0.29, 0.717) is 10.8 Å². The summed E-state index contributed by atoms with van der Waals surface area (Å²) in [5.74, 6) is 0.702. The third-order valence-corrected chi connectivity index (χ3v) is 5.51. The predicted molar refractivity (Wildman–Crippen MR) is 89.8 cm³/mol. The molecule has 0 bridgehead atoms. The molecule has 0 radical (unpaired) electrons. The molecule has 1 aliphatic heterocycles. The van der Waals surface area contributed by atoms with Crippen LogP contribution in [0.3, 0.4) is 0 Å². The average molecular weight is 336 g/mol. The molecule has 0 saturated carbocycles. The van der Waals surface area contributed by atoms with Gasteiger partial charge in [0.15, 0.2) is 6.61 Å². The van der Waals surface area contributed by atoms with Crippen LogP contribution in [0.2, 0.25) is 5.02 Å². The van der Waals surface area contributed by atoms with Gasteiger partial charge in [0.1, 0.15) is 5.75 Å². The van der Waals surface area contributed by atoms with Gasteiger partial charge in [-0.25, -0.2) is 0 Å². The van der Waals surface area contributed by atoms with Crippen LogP contribution < -0.4 is 4.74 Å². The molecule has 5 heteroatoms. The molecule has 0 fully saturated rings. The Bertz CT molecular complexity index is 698. The van der Waals surface area contributed by atoms with E-state index in [1.807, 2.05) is 17.9 Å². The van der Waals surface area contributed by atoms with Crippen molar-refractivity contribution < 1.29 is 9.53 Å². The number of fused-ring (bicyclic) bond motifs is 1. The number of thiophene rings is 1. The summed E-state index contributed by atoms with van der Waals surface area (Å²) < 4.78 is 5.63. The second-order valence-corrected chi connectivity index (χ2v) is 6.92. The molecule has 116 valence electrons. The Morgan fingerprint density at radius 2 is 2.27 bits per heavy atom. The van der Waals surface area contributed by atoms with Crippen molar-refractivity contribution in [2.24, 2.45) is 0 Å². The highest BCUT2D eigenvalue weighted by Gasteiger charge is 2.28. The van der Waals surface area contributed by atoms with Crippen LogP contribution in [-0.4, -0.2) is 24.0 Å². The number of benzene rings is 1. The summed E-state index contributed by atoms with van der Waals surface area (Å²) in [6, 6.07) is 7.68. The van der Waals surface area contributed by atoms with Gasteiger partial charge < -0.3 is 9.64 Å². The Balaban J connectivity index is 1.64. The second-order valence-electron chi connectivity index (χ2n) is 5.51. The highest BCUT2D eigenvalue weighted by molar-refractivity contribution is 7.10. The highest BCUT2D eigenvalue weighted by atomic mass is 35.5. The van der Waals surface area contributed by atoms with Crippen LogP contribution in [0.1, 0.15) is 29.0 Å². The van der Waals surface area contributed by atoms with Gasteiger partial charge >= 0.3 is 0 Å². The summed E-state index contributed by atoms with van der Waals surface area (Å²) in [6.45, 7) is 4.82. The number of hydrogen-bond acceptors (Lipinski definition) is 3. The van der Waals surface area contributed by atoms with Crippen molar-refractivity contribution in [1.29, 1.82) is 0 Å². The van der Waals surface area contributed by atoms with Gasteiger partial charge in [-0.15, -0.1) is 11.3 Å². The Hall–Kier alpha value is -1.52. The van der Waals surface area contributed by atoms with E-state index < -0.39 is 0 Å². The minimum absolute atomic E-state index is 0.0250. The summed E-state index contributed by atoms with van der Waals surface area (Å²) in [5, 5.41) is 2.80. The molecule has 0 spiro atoms. The van der Waals surface area contributed by atoms with E-state index in [1.165, 1.54) is 10.4 Å². The quantitative estimate of drug-likeness (QED) is 0.839. The lowest BCUT2D eigenvalue weighted by molar-refractivity contribution is -0.135. The standard InChI is InChI=1S/C17H18ClNO2S/c1-11-9-13(3-4-15(11)18)21-10-17(20)19-7-5-16-14(12(19)2)6-8-22-16/h3-4,6,8-9,12H,5,7,10H2,1-2H3/t12-/m1/s1. The fourth-order valence-corrected chi connectivity index (χ4v) is 3.87. The van der Waals surface area contributed by atoms with Crippen LogP contribution in [0.5, 0.6) is 5.75 Å². The number of ether oxygens (including phenoxy) is 1. The van der Waals surface area contributed by atoms with Gasteiger partial charge in [-0.2, -0.15) is 0 Å². The largest absolute Gasteiger partial charge is 0.484 e. The van der Waals surface area contributed by atoms with Gasteiger partial charge in [0, 0.05) is 16.4 Å². The first kappa shape index (κ1) is 15.4. The predicted octanol–water partition coefficient (Wildman–Crippen LogP) is 4.23. The van der Waals surface area contributed by atoms with Gasteiger partial charge in [0.05, 0.1) is 6.04 Å². The van der Waals surface area contributed by atoms with Crippen molar-refractivity contribution in [1.82, 2.24) is 4.90 Å². The average Bonchev–Trinajstić information content (AvgIpc) is 2.98. The number of nitrogens with zero attached hydrogens (tertiary/aromatic N) is 1. The first-order valence-electron chi connectivity index (χ1n) is 7.31. The summed E-state index contributed by atoms with van der Waals surface area (Å²) in [6.07, 6.45) is 0.934. The third kappa shape index (κ3) is 2.99. The molecule has 1 atom stereocenters. The first-order chi connectivity index (χ1) is 10.6. The SMILES string of the molecule is Cc1cc(OCC(=O)N2CCc3sccc3[C@H]2C)ccc1Cl. The van der Waals surface area contributed by atoms with Crippen molar-refractivity contribution in [3.05, 3.63) is 50.7 Å². The number of halogens is 1. The number of carbonyl (C=O) groups excluding carboxylic acids is 1. The zero-order valence-electron chi connectivity index (χ0n) is 12.6. The molecule has 0 aliphatic carbocycles. The van der Waals surface area contributed by atoms with E-state index in [2.05, 4.69) is 18.4 Å². The van der Waals surface area contributed by atoms with Crippen LogP contribution in [0.25, 0.3) is 0 Å². The smallest absolute Gasteiger partial charge is 0.261 e. The number of aryl methyl sites for hydroxylation is 1. The number of amides is 1. The van der Waals surface area contributed by atoms with E-state index in [1.54, 1.807) is 23.5 Å². The van der Waals surface area contributed by atoms with Crippen LogP contribution in [-0.2, 0) is 11.2 Å². The van der Waals surface area contributed by atoms with Crippen molar-refractivity contribution >= 4 is 28.8 Å². The Kier molecular flexibility index (Phi) is 4.41. The zero-order chi connectivity index (χ0) is 15.7. The van der Waals surface area contributed by atoms with E-state index in [0.717, 1.165) is 18.5 Å². The molecular weight excluding hydrogens is 318 g/mol. The normalized spacial score (nSPS) is 17.2. The lowest BCUT2D eigenvalue weighted by Crippen LogP contribution is -2.40. The van der Waals surface area contributed by atoms with Crippen molar-refractivity contribution in [2.75, 3.05) is 13.2 Å². The van der Waals surface area contributed by atoms with Crippen LogP contribution >= 0.6 is 22.9 Å². The summed E-state index contributed by atoms with van der Waals surface area (Å²) in [7, 11) is 0. The fraction of sp³-hybridized carbons (Fsp3) is 0.353. The molecular formula is C17H18ClNO2S. The highest BCUT2D eigenvalue weighted by Crippen LogP contribution is 2.32. The van der Waals surface area contributed by atoms with E-state index in [9.17, 15) is 4.79 Å². The Morgan fingerprint density at radius 3 is 3.05 bits per heavy atom. The lowest BCUT2D eigenvalue weighted by Gasteiger charge is -2.33. The molecule has 1 amide bonds. The third-order valence-electron chi connectivity index (χ3n) is 4.09. The van der Waals surface area contributed by atoms with Gasteiger partial charge in [-0.05, 0) is 61.0 Å². The van der Waals surface area contributed by atoms with Crippen LogP contribution in [0.4, 0.5) is 0 Å². The lowest BCUT2D eigenvalue weighted by atomic mass is 10.0. The maximum absolute atomic E-state index is 12.4. The minimum Gasteiger partial charge on any atom is -0.484 e.